The third-order valence-electron chi connectivity index (χ3n) is 6.08. The molecule has 1 atom stereocenters. The van der Waals surface area contributed by atoms with Gasteiger partial charge in [0.05, 0.1) is 23.8 Å². The molecule has 2 aliphatic rings. The normalized spacial score (nSPS) is 19.7. The second kappa shape index (κ2) is 10.3. The van der Waals surface area contributed by atoms with E-state index in [0.29, 0.717) is 24.1 Å². The number of hydrogen-bond donors (Lipinski definition) is 1. The molecule has 0 unspecified atom stereocenters. The predicted molar refractivity (Wildman–Crippen MR) is 124 cm³/mol. The molecule has 2 fully saturated rings. The van der Waals surface area contributed by atoms with E-state index in [9.17, 15) is 25.6 Å². The van der Waals surface area contributed by atoms with Crippen LogP contribution in [0, 0.1) is 11.6 Å². The van der Waals surface area contributed by atoms with Gasteiger partial charge in [0, 0.05) is 45.4 Å². The van der Waals surface area contributed by atoms with Gasteiger partial charge in [-0.25, -0.2) is 30.3 Å². The van der Waals surface area contributed by atoms with Gasteiger partial charge in [0.25, 0.3) is 0 Å². The molecule has 9 nitrogen and oxygen atoms in total. The van der Waals surface area contributed by atoms with Crippen LogP contribution in [0.25, 0.3) is 0 Å². The lowest BCUT2D eigenvalue weighted by atomic mass is 10.2. The Morgan fingerprint density at radius 1 is 1.06 bits per heavy atom. The third-order valence-corrected chi connectivity index (χ3v) is 9.43. The van der Waals surface area contributed by atoms with Crippen LogP contribution >= 0.6 is 0 Å². The summed E-state index contributed by atoms with van der Waals surface area (Å²) in [6.45, 7) is 1.28. The fraction of sp³-hybridized carbons (Fsp3) is 0.455. The number of piperazine rings is 1. The van der Waals surface area contributed by atoms with E-state index in [1.165, 1.54) is 19.2 Å². The van der Waals surface area contributed by atoms with Gasteiger partial charge in [-0.1, -0.05) is 0 Å². The average molecular weight is 532 g/mol. The van der Waals surface area contributed by atoms with Crippen LogP contribution in [0.2, 0.25) is 0 Å². The topological polar surface area (TPSA) is 105 Å². The van der Waals surface area contributed by atoms with Crippen LogP contribution in [-0.4, -0.2) is 73.7 Å². The maximum absolute atomic E-state index is 14.1. The highest BCUT2D eigenvalue weighted by Gasteiger charge is 2.32. The summed E-state index contributed by atoms with van der Waals surface area (Å²) in [5, 5.41) is 0. The van der Waals surface area contributed by atoms with Crippen molar-refractivity contribution < 1.29 is 35.1 Å². The lowest BCUT2D eigenvalue weighted by Gasteiger charge is -2.36. The van der Waals surface area contributed by atoms with Crippen LogP contribution in [0.15, 0.2) is 46.2 Å². The van der Waals surface area contributed by atoms with Crippen LogP contribution in [-0.2, 0) is 24.8 Å². The molecule has 1 N–H and O–H groups in total. The highest BCUT2D eigenvalue weighted by atomic mass is 32.2. The van der Waals surface area contributed by atoms with Gasteiger partial charge in [-0.15, -0.1) is 0 Å². The summed E-state index contributed by atoms with van der Waals surface area (Å²) in [4.78, 5) is 1.27. The Balaban J connectivity index is 1.49. The fourth-order valence-electron chi connectivity index (χ4n) is 4.17. The van der Waals surface area contributed by atoms with Crippen molar-refractivity contribution in [3.05, 3.63) is 48.0 Å². The molecule has 2 aromatic carbocycles. The van der Waals surface area contributed by atoms with Gasteiger partial charge in [-0.3, -0.25) is 0 Å². The molecule has 35 heavy (non-hydrogen) atoms. The van der Waals surface area contributed by atoms with Crippen LogP contribution < -0.4 is 14.4 Å². The SMILES string of the molecule is COc1ccc(S(=O)(=O)NC[C@H]2CCCO2)cc1N1CCN(S(=O)(=O)c2ccc(F)cc2F)CC1. The van der Waals surface area contributed by atoms with E-state index in [-0.39, 0.29) is 43.7 Å². The second-order valence-electron chi connectivity index (χ2n) is 8.29. The van der Waals surface area contributed by atoms with E-state index >= 15 is 0 Å². The van der Waals surface area contributed by atoms with Crippen LogP contribution in [0.3, 0.4) is 0 Å². The van der Waals surface area contributed by atoms with E-state index in [2.05, 4.69) is 4.72 Å². The summed E-state index contributed by atoms with van der Waals surface area (Å²) in [6.07, 6.45) is 1.54. The van der Waals surface area contributed by atoms with Crippen molar-refractivity contribution in [2.75, 3.05) is 51.3 Å². The number of sulfonamides is 2. The maximum Gasteiger partial charge on any atom is 0.246 e. The number of benzene rings is 2. The van der Waals surface area contributed by atoms with Crippen molar-refractivity contribution in [3.63, 3.8) is 0 Å². The molecule has 13 heteroatoms. The molecule has 0 aromatic heterocycles. The Morgan fingerprint density at radius 2 is 1.80 bits per heavy atom. The lowest BCUT2D eigenvalue weighted by Crippen LogP contribution is -2.49. The quantitative estimate of drug-likeness (QED) is 0.555. The number of nitrogens with one attached hydrogen (secondary N) is 1. The number of halogens is 2. The van der Waals surface area contributed by atoms with Crippen molar-refractivity contribution in [1.29, 1.82) is 0 Å². The van der Waals surface area contributed by atoms with Crippen molar-refractivity contribution in [2.45, 2.75) is 28.7 Å². The third kappa shape index (κ3) is 5.59. The molecule has 2 aromatic rings. The van der Waals surface area contributed by atoms with Crippen LogP contribution in [0.4, 0.5) is 14.5 Å². The van der Waals surface area contributed by atoms with Gasteiger partial charge < -0.3 is 14.4 Å². The number of rotatable bonds is 8. The first-order valence-electron chi connectivity index (χ1n) is 11.1. The van der Waals surface area contributed by atoms with Crippen molar-refractivity contribution in [3.8, 4) is 5.75 Å². The standard InChI is InChI=1S/C22H27F2N3O6S2/c1-32-21-6-5-18(34(28,29)25-15-17-3-2-12-33-17)14-20(21)26-8-10-27(11-9-26)35(30,31)22-7-4-16(23)13-19(22)24/h4-7,13-14,17,25H,2-3,8-12,15H2,1H3/t17-/m1/s1. The highest BCUT2D eigenvalue weighted by Crippen LogP contribution is 2.32. The van der Waals surface area contributed by atoms with Crippen molar-refractivity contribution >= 4 is 25.7 Å². The van der Waals surface area contributed by atoms with E-state index in [1.54, 1.807) is 6.07 Å². The molecule has 4 rings (SSSR count). The minimum absolute atomic E-state index is 0.0244. The van der Waals surface area contributed by atoms with E-state index < -0.39 is 36.6 Å². The minimum Gasteiger partial charge on any atom is -0.495 e. The van der Waals surface area contributed by atoms with E-state index in [0.717, 1.165) is 29.3 Å². The molecule has 0 bridgehead atoms. The first-order chi connectivity index (χ1) is 16.6. The highest BCUT2D eigenvalue weighted by molar-refractivity contribution is 7.89. The Bertz CT molecular complexity index is 1280. The molecule has 2 saturated heterocycles. The largest absolute Gasteiger partial charge is 0.495 e. The zero-order chi connectivity index (χ0) is 25.2. The van der Waals surface area contributed by atoms with E-state index in [4.69, 9.17) is 9.47 Å². The van der Waals surface area contributed by atoms with Crippen LogP contribution in [0.5, 0.6) is 5.75 Å². The lowest BCUT2D eigenvalue weighted by molar-refractivity contribution is 0.114. The zero-order valence-corrected chi connectivity index (χ0v) is 20.7. The minimum atomic E-state index is -4.16. The molecular weight excluding hydrogens is 504 g/mol. The molecule has 0 aliphatic carbocycles. The van der Waals surface area contributed by atoms with Gasteiger partial charge in [0.2, 0.25) is 20.0 Å². The molecule has 192 valence electrons. The van der Waals surface area contributed by atoms with Crippen LogP contribution in [0.1, 0.15) is 12.8 Å². The molecule has 0 spiro atoms. The fourth-order valence-corrected chi connectivity index (χ4v) is 6.72. The number of anilines is 1. The summed E-state index contributed by atoms with van der Waals surface area (Å²) < 4.78 is 93.3. The van der Waals surface area contributed by atoms with Gasteiger partial charge in [-0.05, 0) is 43.2 Å². The summed E-state index contributed by atoms with van der Waals surface area (Å²) >= 11 is 0. The Hall–Kier alpha value is -2.32. The predicted octanol–water partition coefficient (Wildman–Crippen LogP) is 1.94. The maximum atomic E-state index is 14.1. The molecule has 0 radical (unpaired) electrons. The summed E-state index contributed by atoms with van der Waals surface area (Å²) in [7, 11) is -6.51. The van der Waals surface area contributed by atoms with Gasteiger partial charge in [0.1, 0.15) is 22.3 Å². The summed E-state index contributed by atoms with van der Waals surface area (Å²) in [6, 6.07) is 6.82. The number of ether oxygens (including phenoxy) is 2. The molecule has 2 aliphatic heterocycles. The Morgan fingerprint density at radius 3 is 2.43 bits per heavy atom. The van der Waals surface area contributed by atoms with Crippen molar-refractivity contribution in [1.82, 2.24) is 9.03 Å². The smallest absolute Gasteiger partial charge is 0.246 e. The number of methoxy groups -OCH3 is 1. The monoisotopic (exact) mass is 531 g/mol. The van der Waals surface area contributed by atoms with Gasteiger partial charge in [0.15, 0.2) is 0 Å². The second-order valence-corrected chi connectivity index (χ2v) is 12.0. The van der Waals surface area contributed by atoms with Crippen molar-refractivity contribution in [2.24, 2.45) is 0 Å². The Labute approximate surface area is 203 Å². The molecule has 2 heterocycles. The van der Waals surface area contributed by atoms with E-state index in [1.807, 2.05) is 4.90 Å². The summed E-state index contributed by atoms with van der Waals surface area (Å²) in [5.74, 6) is -1.58. The first kappa shape index (κ1) is 25.8. The van der Waals surface area contributed by atoms with Gasteiger partial charge in [-0.2, -0.15) is 4.31 Å². The number of nitrogens with zero attached hydrogens (tertiary/aromatic N) is 2. The Kier molecular flexibility index (Phi) is 7.62. The molecule has 0 saturated carbocycles. The number of hydrogen-bond acceptors (Lipinski definition) is 7. The zero-order valence-electron chi connectivity index (χ0n) is 19.1. The summed E-state index contributed by atoms with van der Waals surface area (Å²) in [5.41, 5.74) is 0.498. The molecular formula is C22H27F2N3O6S2. The first-order valence-corrected chi connectivity index (χ1v) is 14.0. The molecule has 0 amide bonds. The van der Waals surface area contributed by atoms with Gasteiger partial charge >= 0.3 is 0 Å². The average Bonchev–Trinajstić information content (AvgIpc) is 3.36.